The van der Waals surface area contributed by atoms with Crippen molar-refractivity contribution in [2.24, 2.45) is 0 Å². The van der Waals surface area contributed by atoms with Crippen molar-refractivity contribution < 1.29 is 24.5 Å². The molecule has 0 saturated heterocycles. The number of unbranched alkanes of at least 4 members (excludes halogenated alkanes) is 26. The summed E-state index contributed by atoms with van der Waals surface area (Å²) in [4.78, 5) is 26.1. The number of carbonyl (C=O) groups is 2. The molecule has 6 heteroatoms. The third-order valence-electron chi connectivity index (χ3n) is 11.6. The molecule has 3 atom stereocenters. The molecule has 0 aromatic carbocycles. The summed E-state index contributed by atoms with van der Waals surface area (Å²) in [5.74, 6) is -0.512. The molecule has 0 aliphatic heterocycles. The number of hydrogen-bond acceptors (Lipinski definition) is 5. The molecular formula is C54H99NO5. The summed E-state index contributed by atoms with van der Waals surface area (Å²) in [6.45, 7) is 6.43. The highest BCUT2D eigenvalue weighted by molar-refractivity contribution is 5.77. The van der Waals surface area contributed by atoms with E-state index in [9.17, 15) is 19.8 Å². The summed E-state index contributed by atoms with van der Waals surface area (Å²) >= 11 is 0. The van der Waals surface area contributed by atoms with Crippen molar-refractivity contribution in [2.75, 3.05) is 6.61 Å². The Morgan fingerprint density at radius 3 is 1.37 bits per heavy atom. The molecule has 0 fully saturated rings. The van der Waals surface area contributed by atoms with Gasteiger partial charge in [-0.2, -0.15) is 0 Å². The van der Waals surface area contributed by atoms with Crippen LogP contribution < -0.4 is 5.32 Å². The third-order valence-corrected chi connectivity index (χ3v) is 11.6. The van der Waals surface area contributed by atoms with Crippen molar-refractivity contribution in [3.8, 4) is 0 Å². The van der Waals surface area contributed by atoms with Crippen molar-refractivity contribution in [2.45, 2.75) is 277 Å². The van der Waals surface area contributed by atoms with E-state index in [4.69, 9.17) is 4.74 Å². The molecule has 0 aromatic rings. The number of aliphatic hydroxyl groups excluding tert-OH is 2. The topological polar surface area (TPSA) is 95.9 Å². The van der Waals surface area contributed by atoms with Gasteiger partial charge in [-0.3, -0.25) is 9.59 Å². The van der Waals surface area contributed by atoms with Crippen molar-refractivity contribution in [3.05, 3.63) is 48.6 Å². The summed E-state index contributed by atoms with van der Waals surface area (Å²) in [7, 11) is 0. The molecule has 1 amide bonds. The van der Waals surface area contributed by atoms with E-state index in [0.717, 1.165) is 70.6 Å². The molecule has 3 unspecified atom stereocenters. The van der Waals surface area contributed by atoms with Crippen LogP contribution in [0.15, 0.2) is 48.6 Å². The Hall–Kier alpha value is -2.18. The smallest absolute Gasteiger partial charge is 0.306 e. The molecule has 0 spiro atoms. The van der Waals surface area contributed by atoms with Gasteiger partial charge < -0.3 is 20.3 Å². The minimum atomic E-state index is -0.797. The maximum Gasteiger partial charge on any atom is 0.306 e. The molecule has 0 aliphatic rings. The van der Waals surface area contributed by atoms with Gasteiger partial charge in [0.2, 0.25) is 5.91 Å². The first-order valence-corrected chi connectivity index (χ1v) is 25.9. The first-order chi connectivity index (χ1) is 29.5. The Kier molecular flexibility index (Phi) is 46.1. The summed E-state index contributed by atoms with van der Waals surface area (Å²) < 4.78 is 5.92. The minimum absolute atomic E-state index is 0.0507. The second-order valence-corrected chi connectivity index (χ2v) is 17.6. The molecule has 350 valence electrons. The van der Waals surface area contributed by atoms with E-state index in [2.05, 4.69) is 74.7 Å². The van der Waals surface area contributed by atoms with Gasteiger partial charge in [-0.05, 0) is 89.9 Å². The molecule has 0 saturated carbocycles. The number of nitrogens with one attached hydrogen (secondary N) is 1. The average molecular weight is 842 g/mol. The van der Waals surface area contributed by atoms with Crippen LogP contribution in [0.25, 0.3) is 0 Å². The van der Waals surface area contributed by atoms with Crippen LogP contribution in [0.5, 0.6) is 0 Å². The fourth-order valence-corrected chi connectivity index (χ4v) is 7.67. The Labute approximate surface area is 372 Å². The van der Waals surface area contributed by atoms with Crippen LogP contribution in [0.1, 0.15) is 258 Å². The minimum Gasteiger partial charge on any atom is -0.462 e. The molecule has 0 radical (unpaired) electrons. The van der Waals surface area contributed by atoms with Gasteiger partial charge in [0.05, 0.1) is 25.2 Å². The van der Waals surface area contributed by atoms with Gasteiger partial charge in [0, 0.05) is 6.42 Å². The molecule has 60 heavy (non-hydrogen) atoms. The first kappa shape index (κ1) is 57.8. The number of allylic oxidation sites excluding steroid dienone is 8. The van der Waals surface area contributed by atoms with Crippen LogP contribution in [0.2, 0.25) is 0 Å². The Balaban J connectivity index is 4.66. The van der Waals surface area contributed by atoms with Crippen molar-refractivity contribution in [1.29, 1.82) is 0 Å². The van der Waals surface area contributed by atoms with Gasteiger partial charge in [-0.15, -0.1) is 0 Å². The lowest BCUT2D eigenvalue weighted by Crippen LogP contribution is -2.46. The molecule has 0 heterocycles. The highest BCUT2D eigenvalue weighted by Crippen LogP contribution is 2.17. The van der Waals surface area contributed by atoms with Crippen LogP contribution in [-0.4, -0.2) is 46.9 Å². The van der Waals surface area contributed by atoms with E-state index in [1.165, 1.54) is 141 Å². The summed E-state index contributed by atoms with van der Waals surface area (Å²) in [5, 5.41) is 23.7. The average Bonchev–Trinajstić information content (AvgIpc) is 3.24. The van der Waals surface area contributed by atoms with Crippen LogP contribution in [0.4, 0.5) is 0 Å². The van der Waals surface area contributed by atoms with Crippen molar-refractivity contribution >= 4 is 11.9 Å². The van der Waals surface area contributed by atoms with E-state index in [1.807, 2.05) is 0 Å². The summed E-state index contributed by atoms with van der Waals surface area (Å²) in [6, 6.07) is -0.713. The van der Waals surface area contributed by atoms with Gasteiger partial charge in [0.1, 0.15) is 6.10 Å². The van der Waals surface area contributed by atoms with Gasteiger partial charge in [-0.25, -0.2) is 0 Å². The second kappa shape index (κ2) is 47.9. The van der Waals surface area contributed by atoms with Gasteiger partial charge in [0.15, 0.2) is 0 Å². The van der Waals surface area contributed by atoms with E-state index in [1.54, 1.807) is 0 Å². The van der Waals surface area contributed by atoms with E-state index >= 15 is 0 Å². The van der Waals surface area contributed by atoms with E-state index in [0.29, 0.717) is 19.3 Å². The normalized spacial score (nSPS) is 13.6. The monoisotopic (exact) mass is 842 g/mol. The standard InChI is InChI=1S/C54H99NO5/c1-4-7-10-13-16-19-22-24-26-28-31-33-36-39-42-45-50(60-54(59)47-44-41-38-35-32-29-27-25-23-20-17-14-11-8-5-2)48-53(58)55-51(49-56)52(57)46-43-40-37-34-30-21-18-15-12-9-6-3/h16,19-20,23-24,26,31,33,50-52,56-57H,4-15,17-18,21-22,25,27-30,32,34-49H2,1-3H3,(H,55,58)/b19-16-,23-20-,26-24-,33-31-. The number of aliphatic hydroxyl groups is 2. The highest BCUT2D eigenvalue weighted by Gasteiger charge is 2.24. The summed E-state index contributed by atoms with van der Waals surface area (Å²) in [6.07, 6.45) is 57.4. The quantitative estimate of drug-likeness (QED) is 0.0322. The molecule has 3 N–H and O–H groups in total. The number of esters is 1. The van der Waals surface area contributed by atoms with Gasteiger partial charge in [-0.1, -0.05) is 204 Å². The maximum absolute atomic E-state index is 13.2. The zero-order valence-corrected chi connectivity index (χ0v) is 39.8. The molecule has 0 aliphatic carbocycles. The van der Waals surface area contributed by atoms with E-state index in [-0.39, 0.29) is 24.9 Å². The third kappa shape index (κ3) is 42.5. The van der Waals surface area contributed by atoms with Crippen molar-refractivity contribution in [1.82, 2.24) is 5.32 Å². The number of ether oxygens (including phenoxy) is 1. The van der Waals surface area contributed by atoms with Gasteiger partial charge >= 0.3 is 5.97 Å². The fourth-order valence-electron chi connectivity index (χ4n) is 7.67. The maximum atomic E-state index is 13.2. The SMILES string of the molecule is CCCCC/C=C\C/C=C\C/C=C\CCCCC(CC(=O)NC(CO)C(O)CCCCCCCCCCCCC)OC(=O)CCCCCCCCC/C=C\CCCCCC. The lowest BCUT2D eigenvalue weighted by Gasteiger charge is -2.24. The van der Waals surface area contributed by atoms with E-state index < -0.39 is 18.2 Å². The largest absolute Gasteiger partial charge is 0.462 e. The zero-order valence-electron chi connectivity index (χ0n) is 39.8. The second-order valence-electron chi connectivity index (χ2n) is 17.6. The number of amides is 1. The van der Waals surface area contributed by atoms with Crippen LogP contribution in [0, 0.1) is 0 Å². The number of carbonyl (C=O) groups excluding carboxylic acids is 2. The lowest BCUT2D eigenvalue weighted by molar-refractivity contribution is -0.151. The Morgan fingerprint density at radius 1 is 0.483 bits per heavy atom. The first-order valence-electron chi connectivity index (χ1n) is 25.9. The highest BCUT2D eigenvalue weighted by atomic mass is 16.5. The van der Waals surface area contributed by atoms with Crippen LogP contribution >= 0.6 is 0 Å². The Bertz CT molecular complexity index is 1040. The van der Waals surface area contributed by atoms with Crippen LogP contribution in [0.3, 0.4) is 0 Å². The zero-order chi connectivity index (χ0) is 43.8. The predicted octanol–water partition coefficient (Wildman–Crippen LogP) is 15.5. The number of rotatable bonds is 46. The fraction of sp³-hybridized carbons (Fsp3) is 0.815. The Morgan fingerprint density at radius 2 is 0.850 bits per heavy atom. The molecule has 0 bridgehead atoms. The summed E-state index contributed by atoms with van der Waals surface area (Å²) in [5.41, 5.74) is 0. The lowest BCUT2D eigenvalue weighted by atomic mass is 10.0. The number of hydrogen-bond donors (Lipinski definition) is 3. The van der Waals surface area contributed by atoms with Crippen LogP contribution in [-0.2, 0) is 14.3 Å². The van der Waals surface area contributed by atoms with Crippen molar-refractivity contribution in [3.63, 3.8) is 0 Å². The molecule has 0 rings (SSSR count). The predicted molar refractivity (Wildman–Crippen MR) is 259 cm³/mol. The molecule has 0 aromatic heterocycles. The van der Waals surface area contributed by atoms with Gasteiger partial charge in [0.25, 0.3) is 0 Å². The molecule has 6 nitrogen and oxygen atoms in total. The molecular weight excluding hydrogens is 743 g/mol.